The van der Waals surface area contributed by atoms with Gasteiger partial charge in [-0.25, -0.2) is 0 Å². The molecule has 0 bridgehead atoms. The van der Waals surface area contributed by atoms with Crippen molar-refractivity contribution in [2.75, 3.05) is 12.5 Å². The van der Waals surface area contributed by atoms with Crippen LogP contribution in [0.3, 0.4) is 0 Å². The van der Waals surface area contributed by atoms with Crippen molar-refractivity contribution in [2.45, 2.75) is 12.8 Å². The van der Waals surface area contributed by atoms with E-state index in [2.05, 4.69) is 15.9 Å². The van der Waals surface area contributed by atoms with Gasteiger partial charge < -0.3 is 4.74 Å². The number of hydrogen-bond donors (Lipinski definition) is 0. The molecule has 0 atom stereocenters. The van der Waals surface area contributed by atoms with Gasteiger partial charge in [-0.2, -0.15) is 0 Å². The number of nitro benzene ring substituents is 1. The normalized spacial score (nSPS) is 10.1. The summed E-state index contributed by atoms with van der Waals surface area (Å²) in [6, 6.07) is 4.74. The van der Waals surface area contributed by atoms with Crippen LogP contribution in [0.1, 0.15) is 12.8 Å². The van der Waals surface area contributed by atoms with Crippen molar-refractivity contribution < 1.29 is 9.66 Å². The van der Waals surface area contributed by atoms with E-state index in [1.165, 1.54) is 6.07 Å². The Morgan fingerprint density at radius 3 is 2.81 bits per heavy atom. The predicted molar refractivity (Wildman–Crippen MR) is 66.2 cm³/mol. The number of para-hydroxylation sites is 1. The molecule has 0 aliphatic carbocycles. The van der Waals surface area contributed by atoms with Crippen molar-refractivity contribution in [3.8, 4) is 5.75 Å². The van der Waals surface area contributed by atoms with E-state index >= 15 is 0 Å². The van der Waals surface area contributed by atoms with Crippen LogP contribution < -0.4 is 4.74 Å². The van der Waals surface area contributed by atoms with Crippen molar-refractivity contribution in [1.82, 2.24) is 0 Å². The molecule has 0 amide bonds. The Kier molecular flexibility index (Phi) is 5.55. The number of hydrogen-bond acceptors (Lipinski definition) is 3. The van der Waals surface area contributed by atoms with E-state index < -0.39 is 4.92 Å². The van der Waals surface area contributed by atoms with E-state index in [9.17, 15) is 10.1 Å². The Morgan fingerprint density at radius 2 is 2.19 bits per heavy atom. The van der Waals surface area contributed by atoms with Crippen LogP contribution in [0.25, 0.3) is 0 Å². The Labute approximate surface area is 107 Å². The fraction of sp³-hybridized carbons (Fsp3) is 0.400. The van der Waals surface area contributed by atoms with Gasteiger partial charge in [0, 0.05) is 11.9 Å². The Balaban J connectivity index is 2.73. The van der Waals surface area contributed by atoms with Crippen LogP contribution >= 0.6 is 27.5 Å². The molecule has 1 aromatic rings. The molecule has 0 radical (unpaired) electrons. The van der Waals surface area contributed by atoms with E-state index in [-0.39, 0.29) is 11.4 Å². The molecule has 1 rings (SSSR count). The minimum atomic E-state index is -0.457. The third-order valence-corrected chi connectivity index (χ3v) is 2.81. The fourth-order valence-corrected chi connectivity index (χ4v) is 1.81. The maximum atomic E-state index is 10.7. The third kappa shape index (κ3) is 3.64. The van der Waals surface area contributed by atoms with Crippen molar-refractivity contribution >= 4 is 33.2 Å². The van der Waals surface area contributed by atoms with Crippen LogP contribution in [0.4, 0.5) is 5.69 Å². The second-order valence-corrected chi connectivity index (χ2v) is 4.32. The smallest absolute Gasteiger partial charge is 0.312 e. The minimum Gasteiger partial charge on any atom is -0.486 e. The van der Waals surface area contributed by atoms with Crippen molar-refractivity contribution in [1.29, 1.82) is 0 Å². The number of halogens is 2. The number of nitro groups is 1. The average molecular weight is 309 g/mol. The van der Waals surface area contributed by atoms with E-state index in [0.717, 1.165) is 12.8 Å². The highest BCUT2D eigenvalue weighted by Crippen LogP contribution is 2.34. The number of unbranched alkanes of at least 4 members (excludes halogenated alkanes) is 1. The summed E-state index contributed by atoms with van der Waals surface area (Å²) in [4.78, 5) is 10.3. The lowest BCUT2D eigenvalue weighted by Gasteiger charge is -2.07. The van der Waals surface area contributed by atoms with Crippen LogP contribution in [0.15, 0.2) is 22.7 Å². The molecule has 0 saturated heterocycles. The molecular formula is C10H11BrClNO3. The quantitative estimate of drug-likeness (QED) is 0.348. The molecule has 16 heavy (non-hydrogen) atoms. The first-order chi connectivity index (χ1) is 7.66. The van der Waals surface area contributed by atoms with E-state index in [0.29, 0.717) is 17.0 Å². The van der Waals surface area contributed by atoms with Gasteiger partial charge in [-0.15, -0.1) is 11.6 Å². The molecule has 88 valence electrons. The fourth-order valence-electron chi connectivity index (χ4n) is 1.15. The molecule has 0 fully saturated rings. The van der Waals surface area contributed by atoms with E-state index in [1.807, 2.05) is 0 Å². The van der Waals surface area contributed by atoms with Gasteiger partial charge in [0.1, 0.15) is 0 Å². The Morgan fingerprint density at radius 1 is 1.44 bits per heavy atom. The van der Waals surface area contributed by atoms with Crippen LogP contribution in [-0.2, 0) is 0 Å². The minimum absolute atomic E-state index is 0.0275. The topological polar surface area (TPSA) is 52.4 Å². The monoisotopic (exact) mass is 307 g/mol. The lowest BCUT2D eigenvalue weighted by Crippen LogP contribution is -2.01. The zero-order valence-corrected chi connectivity index (χ0v) is 10.8. The summed E-state index contributed by atoms with van der Waals surface area (Å²) >= 11 is 8.75. The summed E-state index contributed by atoms with van der Waals surface area (Å²) in [5.41, 5.74) is -0.0275. The molecule has 0 unspecified atom stereocenters. The van der Waals surface area contributed by atoms with Gasteiger partial charge in [0.15, 0.2) is 0 Å². The van der Waals surface area contributed by atoms with Crippen LogP contribution in [-0.4, -0.2) is 17.4 Å². The zero-order valence-electron chi connectivity index (χ0n) is 8.49. The standard InChI is InChI=1S/C10H11BrClNO3/c11-8-4-3-5-9(13(14)15)10(8)16-7-2-1-6-12/h3-5H,1-2,6-7H2. The van der Waals surface area contributed by atoms with Crippen molar-refractivity contribution in [2.24, 2.45) is 0 Å². The molecular weight excluding hydrogens is 297 g/mol. The second-order valence-electron chi connectivity index (χ2n) is 3.09. The molecule has 0 N–H and O–H groups in total. The number of nitrogens with zero attached hydrogens (tertiary/aromatic N) is 1. The summed E-state index contributed by atoms with van der Waals surface area (Å²) in [6.45, 7) is 0.427. The molecule has 0 saturated carbocycles. The highest BCUT2D eigenvalue weighted by Gasteiger charge is 2.17. The van der Waals surface area contributed by atoms with Crippen molar-refractivity contribution in [3.05, 3.63) is 32.8 Å². The molecule has 0 aliphatic heterocycles. The lowest BCUT2D eigenvalue weighted by molar-refractivity contribution is -0.386. The summed E-state index contributed by atoms with van der Waals surface area (Å²) in [6.07, 6.45) is 1.61. The largest absolute Gasteiger partial charge is 0.486 e. The van der Waals surface area contributed by atoms with Gasteiger partial charge >= 0.3 is 5.69 Å². The van der Waals surface area contributed by atoms with Gasteiger partial charge in [-0.3, -0.25) is 10.1 Å². The van der Waals surface area contributed by atoms with E-state index in [1.54, 1.807) is 12.1 Å². The van der Waals surface area contributed by atoms with Crippen molar-refractivity contribution in [3.63, 3.8) is 0 Å². The number of rotatable bonds is 6. The third-order valence-electron chi connectivity index (χ3n) is 1.92. The van der Waals surface area contributed by atoms with E-state index in [4.69, 9.17) is 16.3 Å². The summed E-state index contributed by atoms with van der Waals surface area (Å²) in [5.74, 6) is 0.851. The number of ether oxygens (including phenoxy) is 1. The first kappa shape index (κ1) is 13.3. The molecule has 4 nitrogen and oxygen atoms in total. The summed E-state index contributed by atoms with van der Waals surface area (Å²) in [5, 5.41) is 10.7. The van der Waals surface area contributed by atoms with Gasteiger partial charge in [0.2, 0.25) is 5.75 Å². The van der Waals surface area contributed by atoms with Crippen LogP contribution in [0, 0.1) is 10.1 Å². The Hall–Kier alpha value is -0.810. The van der Waals surface area contributed by atoms with Gasteiger partial charge in [-0.05, 0) is 34.8 Å². The Bertz CT molecular complexity index is 373. The SMILES string of the molecule is O=[N+]([O-])c1cccc(Br)c1OCCCCCl. The summed E-state index contributed by atoms with van der Waals surface area (Å²) in [7, 11) is 0. The predicted octanol–water partition coefficient (Wildman–Crippen LogP) is 3.76. The molecule has 6 heteroatoms. The summed E-state index contributed by atoms with van der Waals surface area (Å²) < 4.78 is 5.97. The molecule has 0 aromatic heterocycles. The van der Waals surface area contributed by atoms with Crippen LogP contribution in [0.5, 0.6) is 5.75 Å². The highest BCUT2D eigenvalue weighted by molar-refractivity contribution is 9.10. The highest BCUT2D eigenvalue weighted by atomic mass is 79.9. The first-order valence-electron chi connectivity index (χ1n) is 4.78. The first-order valence-corrected chi connectivity index (χ1v) is 6.11. The molecule has 0 heterocycles. The van der Waals surface area contributed by atoms with Gasteiger partial charge in [-0.1, -0.05) is 6.07 Å². The molecule has 1 aromatic carbocycles. The zero-order chi connectivity index (χ0) is 12.0. The molecule has 0 spiro atoms. The maximum Gasteiger partial charge on any atom is 0.312 e. The van der Waals surface area contributed by atoms with Gasteiger partial charge in [0.25, 0.3) is 0 Å². The number of benzene rings is 1. The van der Waals surface area contributed by atoms with Crippen LogP contribution in [0.2, 0.25) is 0 Å². The number of alkyl halides is 1. The molecule has 0 aliphatic rings. The average Bonchev–Trinajstić information content (AvgIpc) is 2.25. The maximum absolute atomic E-state index is 10.7. The second kappa shape index (κ2) is 6.70. The lowest BCUT2D eigenvalue weighted by atomic mass is 10.3. The van der Waals surface area contributed by atoms with Gasteiger partial charge in [0.05, 0.1) is 16.0 Å².